The Labute approximate surface area is 214 Å². The normalized spacial score (nSPS) is 16.8. The molecule has 1 atom stereocenters. The topological polar surface area (TPSA) is 66.5 Å². The van der Waals surface area contributed by atoms with Crippen LogP contribution in [0.1, 0.15) is 18.4 Å². The van der Waals surface area contributed by atoms with Crippen molar-refractivity contribution in [3.63, 3.8) is 0 Å². The van der Waals surface area contributed by atoms with Crippen molar-refractivity contribution in [3.05, 3.63) is 88.4 Å². The van der Waals surface area contributed by atoms with Crippen molar-refractivity contribution in [3.8, 4) is 0 Å². The smallest absolute Gasteiger partial charge is 0.243 e. The summed E-state index contributed by atoms with van der Waals surface area (Å²) < 4.78 is 27.5. The molecule has 4 rings (SSSR count). The summed E-state index contributed by atoms with van der Waals surface area (Å²) in [6.45, 7) is 0.541. The summed E-state index contributed by atoms with van der Waals surface area (Å²) in [5.74, 6) is 0.140. The predicted molar refractivity (Wildman–Crippen MR) is 139 cm³/mol. The minimum Gasteiger partial charge on any atom is -0.325 e. The van der Waals surface area contributed by atoms with Crippen molar-refractivity contribution in [2.75, 3.05) is 18.4 Å². The van der Waals surface area contributed by atoms with Gasteiger partial charge in [-0.3, -0.25) is 4.79 Å². The molecule has 1 N–H and O–H groups in total. The van der Waals surface area contributed by atoms with Gasteiger partial charge in [-0.25, -0.2) is 8.42 Å². The summed E-state index contributed by atoms with van der Waals surface area (Å²) in [5, 5.41) is 4.19. The zero-order chi connectivity index (χ0) is 24.1. The molecule has 0 aliphatic carbocycles. The van der Waals surface area contributed by atoms with Crippen LogP contribution >= 0.6 is 35.0 Å². The van der Waals surface area contributed by atoms with E-state index in [-0.39, 0.29) is 17.3 Å². The molecule has 3 aromatic carbocycles. The Bertz CT molecular complexity index is 1250. The third-order valence-electron chi connectivity index (χ3n) is 5.66. The predicted octanol–water partition coefficient (Wildman–Crippen LogP) is 6.33. The van der Waals surface area contributed by atoms with Gasteiger partial charge in [0.2, 0.25) is 15.9 Å². The fourth-order valence-electron chi connectivity index (χ4n) is 3.80. The molecule has 5 nitrogen and oxygen atoms in total. The van der Waals surface area contributed by atoms with Crippen LogP contribution in [0.15, 0.2) is 82.6 Å². The van der Waals surface area contributed by atoms with E-state index in [9.17, 15) is 13.2 Å². The summed E-state index contributed by atoms with van der Waals surface area (Å²) in [6.07, 6.45) is 1.26. The van der Waals surface area contributed by atoms with Crippen molar-refractivity contribution < 1.29 is 13.2 Å². The first-order valence-electron chi connectivity index (χ1n) is 10.9. The van der Waals surface area contributed by atoms with Gasteiger partial charge in [-0.2, -0.15) is 4.31 Å². The fraction of sp³-hybridized carbons (Fsp3) is 0.240. The number of halogens is 2. The van der Waals surface area contributed by atoms with Crippen LogP contribution in [0.3, 0.4) is 0 Å². The Morgan fingerprint density at radius 1 is 0.971 bits per heavy atom. The number of anilines is 1. The molecular weight excluding hydrogens is 511 g/mol. The van der Waals surface area contributed by atoms with Crippen LogP contribution in [-0.2, 0) is 20.6 Å². The molecular formula is C25H24Cl2N2O3S2. The summed E-state index contributed by atoms with van der Waals surface area (Å²) in [6, 6.07) is 21.4. The molecule has 0 aromatic heterocycles. The van der Waals surface area contributed by atoms with Crippen LogP contribution in [0.25, 0.3) is 0 Å². The second-order valence-electron chi connectivity index (χ2n) is 8.06. The quantitative estimate of drug-likeness (QED) is 0.360. The lowest BCUT2D eigenvalue weighted by Gasteiger charge is -2.31. The van der Waals surface area contributed by atoms with Gasteiger partial charge in [-0.1, -0.05) is 47.5 Å². The van der Waals surface area contributed by atoms with Crippen LogP contribution in [0.5, 0.6) is 0 Å². The molecule has 0 unspecified atom stereocenters. The number of thioether (sulfide) groups is 1. The maximum atomic E-state index is 13.1. The second-order valence-corrected chi connectivity index (χ2v) is 11.9. The molecule has 34 heavy (non-hydrogen) atoms. The van der Waals surface area contributed by atoms with Crippen molar-refractivity contribution in [2.45, 2.75) is 28.4 Å². The number of benzene rings is 3. The summed E-state index contributed by atoms with van der Waals surface area (Å²) in [4.78, 5) is 14.2. The van der Waals surface area contributed by atoms with Gasteiger partial charge < -0.3 is 5.32 Å². The number of nitrogens with one attached hydrogen (secondary N) is 1. The highest BCUT2D eigenvalue weighted by atomic mass is 35.5. The molecule has 1 fully saturated rings. The molecule has 0 saturated carbocycles. The monoisotopic (exact) mass is 534 g/mol. The number of carbonyl (C=O) groups is 1. The van der Waals surface area contributed by atoms with Gasteiger partial charge in [0, 0.05) is 33.8 Å². The highest BCUT2D eigenvalue weighted by Crippen LogP contribution is 2.31. The van der Waals surface area contributed by atoms with Crippen LogP contribution in [0, 0.1) is 5.92 Å². The van der Waals surface area contributed by atoms with E-state index in [4.69, 9.17) is 23.2 Å². The largest absolute Gasteiger partial charge is 0.325 e. The Morgan fingerprint density at radius 2 is 1.62 bits per heavy atom. The lowest BCUT2D eigenvalue weighted by molar-refractivity contribution is -0.120. The molecule has 0 bridgehead atoms. The standard InChI is InChI=1S/C25H24Cl2N2O3S2/c26-20-9-7-18(8-10-20)17-33-24-6-2-1-5-23(24)28-25(30)19-4-3-15-29(16-19)34(31,32)22-13-11-21(27)12-14-22/h1-2,5-14,19H,3-4,15-17H2,(H,28,30)/t19-/m1/s1. The van der Waals surface area contributed by atoms with Gasteiger partial charge in [0.15, 0.2) is 0 Å². The average molecular weight is 536 g/mol. The summed E-state index contributed by atoms with van der Waals surface area (Å²) in [7, 11) is -3.69. The maximum absolute atomic E-state index is 13.1. The van der Waals surface area contributed by atoms with Gasteiger partial charge in [0.05, 0.1) is 16.5 Å². The SMILES string of the molecule is O=C(Nc1ccccc1SCc1ccc(Cl)cc1)[C@@H]1CCCN(S(=O)(=O)c2ccc(Cl)cc2)C1. The van der Waals surface area contributed by atoms with Crippen molar-refractivity contribution >= 4 is 56.6 Å². The minimum atomic E-state index is -3.69. The molecule has 1 aliphatic rings. The molecule has 1 saturated heterocycles. The van der Waals surface area contributed by atoms with Crippen molar-refractivity contribution in [2.24, 2.45) is 5.92 Å². The lowest BCUT2D eigenvalue weighted by atomic mass is 9.99. The number of sulfonamides is 1. The van der Waals surface area contributed by atoms with Gasteiger partial charge in [-0.15, -0.1) is 11.8 Å². The van der Waals surface area contributed by atoms with E-state index in [1.165, 1.54) is 16.4 Å². The molecule has 1 heterocycles. The van der Waals surface area contributed by atoms with E-state index in [1.54, 1.807) is 23.9 Å². The Kier molecular flexibility index (Phi) is 8.22. The molecule has 9 heteroatoms. The van der Waals surface area contributed by atoms with E-state index in [1.807, 2.05) is 48.5 Å². The first-order valence-corrected chi connectivity index (χ1v) is 14.0. The molecule has 0 spiro atoms. The first-order chi connectivity index (χ1) is 16.3. The highest BCUT2D eigenvalue weighted by molar-refractivity contribution is 7.98. The average Bonchev–Trinajstić information content (AvgIpc) is 2.85. The number of hydrogen-bond acceptors (Lipinski definition) is 4. The van der Waals surface area contributed by atoms with Crippen LogP contribution in [0.2, 0.25) is 10.0 Å². The van der Waals surface area contributed by atoms with E-state index in [2.05, 4.69) is 5.32 Å². The highest BCUT2D eigenvalue weighted by Gasteiger charge is 2.33. The first kappa shape index (κ1) is 25.1. The summed E-state index contributed by atoms with van der Waals surface area (Å²) >= 11 is 13.5. The summed E-state index contributed by atoms with van der Waals surface area (Å²) in [5.41, 5.74) is 1.86. The molecule has 1 aliphatic heterocycles. The van der Waals surface area contributed by atoms with E-state index in [0.717, 1.165) is 21.9 Å². The van der Waals surface area contributed by atoms with Gasteiger partial charge in [0.1, 0.15) is 0 Å². The number of para-hydroxylation sites is 1. The Hall–Kier alpha value is -2.03. The number of nitrogens with zero attached hydrogens (tertiary/aromatic N) is 1. The maximum Gasteiger partial charge on any atom is 0.243 e. The Morgan fingerprint density at radius 3 is 2.32 bits per heavy atom. The zero-order valence-corrected chi connectivity index (χ0v) is 21.4. The van der Waals surface area contributed by atoms with E-state index < -0.39 is 15.9 Å². The molecule has 3 aromatic rings. The third-order valence-corrected chi connectivity index (χ3v) is 9.19. The number of rotatable bonds is 7. The van der Waals surface area contributed by atoms with E-state index in [0.29, 0.717) is 29.4 Å². The van der Waals surface area contributed by atoms with Crippen LogP contribution in [0.4, 0.5) is 5.69 Å². The molecule has 178 valence electrons. The zero-order valence-electron chi connectivity index (χ0n) is 18.3. The van der Waals surface area contributed by atoms with Crippen LogP contribution in [-0.4, -0.2) is 31.7 Å². The van der Waals surface area contributed by atoms with Gasteiger partial charge >= 0.3 is 0 Å². The van der Waals surface area contributed by atoms with Gasteiger partial charge in [0.25, 0.3) is 0 Å². The second kappa shape index (κ2) is 11.1. The Balaban J connectivity index is 1.42. The number of hydrogen-bond donors (Lipinski definition) is 1. The number of carbonyl (C=O) groups excluding carboxylic acids is 1. The van der Waals surface area contributed by atoms with Crippen molar-refractivity contribution in [1.82, 2.24) is 4.31 Å². The van der Waals surface area contributed by atoms with Crippen molar-refractivity contribution in [1.29, 1.82) is 0 Å². The third kappa shape index (κ3) is 6.15. The van der Waals surface area contributed by atoms with E-state index >= 15 is 0 Å². The van der Waals surface area contributed by atoms with Crippen LogP contribution < -0.4 is 5.32 Å². The van der Waals surface area contributed by atoms with Gasteiger partial charge in [-0.05, 0) is 66.9 Å². The number of amides is 1. The fourth-order valence-corrected chi connectivity index (χ4v) is 6.54. The number of piperidine rings is 1. The molecule has 1 amide bonds. The minimum absolute atomic E-state index is 0.150. The molecule has 0 radical (unpaired) electrons. The lowest BCUT2D eigenvalue weighted by Crippen LogP contribution is -2.43.